The van der Waals surface area contributed by atoms with E-state index in [4.69, 9.17) is 9.47 Å². The van der Waals surface area contributed by atoms with Gasteiger partial charge in [-0.2, -0.15) is 0 Å². The van der Waals surface area contributed by atoms with Crippen LogP contribution >= 0.6 is 11.3 Å². The van der Waals surface area contributed by atoms with Crippen molar-refractivity contribution in [1.82, 2.24) is 4.90 Å². The van der Waals surface area contributed by atoms with Crippen molar-refractivity contribution in [1.29, 1.82) is 0 Å². The zero-order valence-corrected chi connectivity index (χ0v) is 14.3. The zero-order valence-electron chi connectivity index (χ0n) is 13.4. The summed E-state index contributed by atoms with van der Waals surface area (Å²) in [5.74, 6) is -0.636. The lowest BCUT2D eigenvalue weighted by molar-refractivity contribution is -0.121. The molecule has 7 nitrogen and oxygen atoms in total. The molecular formula is C16H20N2O5S. The number of cyclic esters (lactones) is 1. The Morgan fingerprint density at radius 3 is 2.71 bits per heavy atom. The minimum absolute atomic E-state index is 0.0824. The lowest BCUT2D eigenvalue weighted by Crippen LogP contribution is -2.40. The number of amides is 2. The lowest BCUT2D eigenvalue weighted by atomic mass is 9.85. The van der Waals surface area contributed by atoms with Crippen molar-refractivity contribution < 1.29 is 23.9 Å². The molecule has 2 amide bonds. The average molecular weight is 352 g/mol. The van der Waals surface area contributed by atoms with Crippen LogP contribution in [0.1, 0.15) is 35.4 Å². The molecule has 1 aliphatic heterocycles. The number of esters is 1. The molecule has 8 heteroatoms. The van der Waals surface area contributed by atoms with E-state index in [1.165, 1.54) is 18.4 Å². The zero-order chi connectivity index (χ0) is 17.1. The highest BCUT2D eigenvalue weighted by atomic mass is 32.1. The van der Waals surface area contributed by atoms with Gasteiger partial charge in [0.1, 0.15) is 11.5 Å². The van der Waals surface area contributed by atoms with Crippen molar-refractivity contribution in [2.24, 2.45) is 5.92 Å². The Hall–Kier alpha value is -2.09. The number of rotatable bonds is 4. The van der Waals surface area contributed by atoms with Gasteiger partial charge in [-0.3, -0.25) is 4.79 Å². The molecule has 0 unspecified atom stereocenters. The molecule has 1 saturated carbocycles. The summed E-state index contributed by atoms with van der Waals surface area (Å²) in [5.41, 5.74) is 0.502. The third-order valence-electron chi connectivity index (χ3n) is 4.59. The number of carbonyl (C=O) groups is 3. The standard InChI is InChI=1S/C16H20N2O5S/c1-22-15(20)13-12(6-9-24-13)17-14(19)10-2-4-11(5-3-10)18-7-8-23-16(18)21/h6,9-11H,2-5,7-8H2,1H3,(H,17,19)/t10-,11-. The second-order valence-electron chi connectivity index (χ2n) is 5.96. The van der Waals surface area contributed by atoms with Crippen LogP contribution in [-0.2, 0) is 14.3 Å². The Kier molecular flexibility index (Phi) is 5.03. The fraction of sp³-hybridized carbons (Fsp3) is 0.562. The number of nitrogens with zero attached hydrogens (tertiary/aromatic N) is 1. The molecule has 2 aliphatic rings. The largest absolute Gasteiger partial charge is 0.465 e. The summed E-state index contributed by atoms with van der Waals surface area (Å²) in [6, 6.07) is 1.87. The van der Waals surface area contributed by atoms with Crippen LogP contribution in [0.3, 0.4) is 0 Å². The van der Waals surface area contributed by atoms with E-state index in [0.717, 1.165) is 25.7 Å². The van der Waals surface area contributed by atoms with Crippen molar-refractivity contribution in [3.8, 4) is 0 Å². The Labute approximate surface area is 143 Å². The maximum absolute atomic E-state index is 12.5. The van der Waals surface area contributed by atoms with Gasteiger partial charge in [-0.25, -0.2) is 9.59 Å². The Bertz CT molecular complexity index is 636. The highest BCUT2D eigenvalue weighted by Crippen LogP contribution is 2.31. The van der Waals surface area contributed by atoms with Gasteiger partial charge in [0.05, 0.1) is 19.3 Å². The number of carbonyl (C=O) groups excluding carboxylic acids is 3. The van der Waals surface area contributed by atoms with Crippen molar-refractivity contribution in [3.05, 3.63) is 16.3 Å². The van der Waals surface area contributed by atoms with Crippen LogP contribution in [0.2, 0.25) is 0 Å². The van der Waals surface area contributed by atoms with Gasteiger partial charge in [0.15, 0.2) is 0 Å². The summed E-state index contributed by atoms with van der Waals surface area (Å²) < 4.78 is 9.69. The Balaban J connectivity index is 1.55. The predicted molar refractivity (Wildman–Crippen MR) is 88.1 cm³/mol. The van der Waals surface area contributed by atoms with E-state index in [1.54, 1.807) is 16.3 Å². The van der Waals surface area contributed by atoms with Crippen molar-refractivity contribution >= 4 is 35.0 Å². The topological polar surface area (TPSA) is 84.9 Å². The van der Waals surface area contributed by atoms with Gasteiger partial charge in [-0.05, 0) is 37.1 Å². The van der Waals surface area contributed by atoms with Crippen LogP contribution in [0.4, 0.5) is 10.5 Å². The number of thiophene rings is 1. The average Bonchev–Trinajstić information content (AvgIpc) is 3.23. The van der Waals surface area contributed by atoms with E-state index >= 15 is 0 Å². The maximum Gasteiger partial charge on any atom is 0.410 e. The molecule has 0 bridgehead atoms. The number of hydrogen-bond donors (Lipinski definition) is 1. The Morgan fingerprint density at radius 1 is 1.33 bits per heavy atom. The van der Waals surface area contributed by atoms with Crippen LogP contribution < -0.4 is 5.32 Å². The van der Waals surface area contributed by atoms with Gasteiger partial charge in [-0.15, -0.1) is 11.3 Å². The van der Waals surface area contributed by atoms with Gasteiger partial charge >= 0.3 is 12.1 Å². The van der Waals surface area contributed by atoms with E-state index in [9.17, 15) is 14.4 Å². The molecule has 2 heterocycles. The van der Waals surface area contributed by atoms with Gasteiger partial charge in [0.25, 0.3) is 0 Å². The summed E-state index contributed by atoms with van der Waals surface area (Å²) in [6.07, 6.45) is 2.78. The molecule has 24 heavy (non-hydrogen) atoms. The summed E-state index contributed by atoms with van der Waals surface area (Å²) in [6.45, 7) is 1.09. The second kappa shape index (κ2) is 7.21. The molecule has 0 radical (unpaired) electrons. The van der Waals surface area contributed by atoms with Crippen molar-refractivity contribution in [2.75, 3.05) is 25.6 Å². The van der Waals surface area contributed by atoms with E-state index < -0.39 is 5.97 Å². The van der Waals surface area contributed by atoms with Crippen molar-refractivity contribution in [3.63, 3.8) is 0 Å². The quantitative estimate of drug-likeness (QED) is 0.842. The normalized spacial score (nSPS) is 23.7. The summed E-state index contributed by atoms with van der Waals surface area (Å²) >= 11 is 1.24. The van der Waals surface area contributed by atoms with Gasteiger partial charge in [0.2, 0.25) is 5.91 Å². The molecule has 2 fully saturated rings. The first kappa shape index (κ1) is 16.8. The third-order valence-corrected chi connectivity index (χ3v) is 5.49. The highest BCUT2D eigenvalue weighted by Gasteiger charge is 2.34. The number of methoxy groups -OCH3 is 1. The maximum atomic E-state index is 12.5. The first-order valence-corrected chi connectivity index (χ1v) is 8.88. The molecule has 1 aliphatic carbocycles. The SMILES string of the molecule is COC(=O)c1sccc1NC(=O)[C@H]1CC[C@H](N2CCOC2=O)CC1. The van der Waals surface area contributed by atoms with Crippen LogP contribution in [0, 0.1) is 5.92 Å². The number of anilines is 1. The molecular weight excluding hydrogens is 332 g/mol. The third kappa shape index (κ3) is 3.38. The Morgan fingerprint density at radius 2 is 2.08 bits per heavy atom. The van der Waals surface area contributed by atoms with Gasteiger partial charge < -0.3 is 19.7 Å². The fourth-order valence-electron chi connectivity index (χ4n) is 3.28. The van der Waals surface area contributed by atoms with Gasteiger partial charge in [0, 0.05) is 12.0 Å². The molecule has 0 aromatic carbocycles. The number of nitrogens with one attached hydrogen (secondary N) is 1. The molecule has 130 valence electrons. The first-order chi connectivity index (χ1) is 11.6. The smallest absolute Gasteiger partial charge is 0.410 e. The molecule has 1 aromatic rings. The van der Waals surface area contributed by atoms with Crippen LogP contribution in [-0.4, -0.2) is 49.2 Å². The molecule has 1 aromatic heterocycles. The minimum atomic E-state index is -0.448. The van der Waals surface area contributed by atoms with Crippen LogP contribution in [0.15, 0.2) is 11.4 Å². The van der Waals surface area contributed by atoms with E-state index in [2.05, 4.69) is 5.32 Å². The highest BCUT2D eigenvalue weighted by molar-refractivity contribution is 7.12. The molecule has 3 rings (SSSR count). The molecule has 0 spiro atoms. The van der Waals surface area contributed by atoms with E-state index in [0.29, 0.717) is 23.7 Å². The van der Waals surface area contributed by atoms with Crippen LogP contribution in [0.25, 0.3) is 0 Å². The fourth-order valence-corrected chi connectivity index (χ4v) is 4.05. The lowest BCUT2D eigenvalue weighted by Gasteiger charge is -2.32. The van der Waals surface area contributed by atoms with Crippen LogP contribution in [0.5, 0.6) is 0 Å². The summed E-state index contributed by atoms with van der Waals surface area (Å²) in [7, 11) is 1.32. The van der Waals surface area contributed by atoms with Gasteiger partial charge in [-0.1, -0.05) is 0 Å². The van der Waals surface area contributed by atoms with Crippen molar-refractivity contribution in [2.45, 2.75) is 31.7 Å². The number of hydrogen-bond acceptors (Lipinski definition) is 6. The molecule has 1 saturated heterocycles. The van der Waals surface area contributed by atoms with E-state index in [-0.39, 0.29) is 24.0 Å². The predicted octanol–water partition coefficient (Wildman–Crippen LogP) is 2.48. The number of ether oxygens (including phenoxy) is 2. The minimum Gasteiger partial charge on any atom is -0.465 e. The summed E-state index contributed by atoms with van der Waals surface area (Å²) in [4.78, 5) is 37.9. The second-order valence-corrected chi connectivity index (χ2v) is 6.87. The first-order valence-electron chi connectivity index (χ1n) is 8.00. The molecule has 0 atom stereocenters. The van der Waals surface area contributed by atoms with E-state index in [1.807, 2.05) is 0 Å². The monoisotopic (exact) mass is 352 g/mol. The summed E-state index contributed by atoms with van der Waals surface area (Å²) in [5, 5.41) is 4.58. The molecule has 1 N–H and O–H groups in total.